The van der Waals surface area contributed by atoms with Gasteiger partial charge in [-0.25, -0.2) is 9.97 Å². The van der Waals surface area contributed by atoms with Crippen LogP contribution in [0.3, 0.4) is 0 Å². The molecule has 0 saturated carbocycles. The molecule has 0 aliphatic carbocycles. The van der Waals surface area contributed by atoms with Crippen molar-refractivity contribution in [2.45, 2.75) is 19.8 Å². The van der Waals surface area contributed by atoms with E-state index in [1.165, 1.54) is 9.75 Å². The summed E-state index contributed by atoms with van der Waals surface area (Å²) < 4.78 is 1.95. The molecule has 0 unspecified atom stereocenters. The minimum atomic E-state index is 0.0117. The number of fused-ring (bicyclic) bond motifs is 1. The molecule has 0 aliphatic heterocycles. The van der Waals surface area contributed by atoms with Crippen LogP contribution in [0.5, 0.6) is 0 Å². The third-order valence-corrected chi connectivity index (χ3v) is 6.42. The van der Waals surface area contributed by atoms with Crippen LogP contribution < -0.4 is 5.32 Å². The summed E-state index contributed by atoms with van der Waals surface area (Å²) in [6, 6.07) is 4.22. The van der Waals surface area contributed by atoms with Crippen molar-refractivity contribution >= 4 is 44.9 Å². The summed E-state index contributed by atoms with van der Waals surface area (Å²) in [4.78, 5) is 24.4. The Morgan fingerprint density at radius 2 is 2.20 bits per heavy atom. The Kier molecular flexibility index (Phi) is 4.65. The van der Waals surface area contributed by atoms with Crippen LogP contribution in [-0.2, 0) is 17.6 Å². The third kappa shape index (κ3) is 3.81. The fraction of sp³-hybridized carbons (Fsp3) is 0.235. The van der Waals surface area contributed by atoms with Gasteiger partial charge < -0.3 is 5.32 Å². The van der Waals surface area contributed by atoms with Gasteiger partial charge in [-0.1, -0.05) is 0 Å². The number of carbonyl (C=O) groups excluding carboxylic acids is 1. The molecule has 0 aliphatic rings. The molecule has 0 atom stereocenters. The molecule has 4 heterocycles. The monoisotopic (exact) mass is 388 g/mol. The second-order valence-corrected chi connectivity index (χ2v) is 8.72. The zero-order chi connectivity index (χ0) is 17.2. The summed E-state index contributed by atoms with van der Waals surface area (Å²) in [7, 11) is 0. The summed E-state index contributed by atoms with van der Waals surface area (Å²) in [5.74, 6) is 0.0117. The minimum absolute atomic E-state index is 0.0117. The number of hydrogen-bond donors (Lipinski definition) is 1. The number of hydrogen-bond acceptors (Lipinski definition) is 6. The SMILES string of the molecule is Cc1nc(-c2ccc(CCNC(=O)Cc3cn4ccsc4n3)s2)cs1. The quantitative estimate of drug-likeness (QED) is 0.547. The van der Waals surface area contributed by atoms with Crippen molar-refractivity contribution in [2.75, 3.05) is 6.54 Å². The van der Waals surface area contributed by atoms with E-state index in [9.17, 15) is 4.79 Å². The van der Waals surface area contributed by atoms with Gasteiger partial charge in [-0.15, -0.1) is 34.0 Å². The highest BCUT2D eigenvalue weighted by Gasteiger charge is 2.09. The molecule has 4 aromatic heterocycles. The number of nitrogens with zero attached hydrogens (tertiary/aromatic N) is 3. The average Bonchev–Trinajstić information content (AvgIpc) is 3.30. The molecule has 0 bridgehead atoms. The van der Waals surface area contributed by atoms with E-state index in [0.717, 1.165) is 27.8 Å². The van der Waals surface area contributed by atoms with E-state index < -0.39 is 0 Å². The lowest BCUT2D eigenvalue weighted by molar-refractivity contribution is -0.120. The van der Waals surface area contributed by atoms with Crippen LogP contribution in [0.2, 0.25) is 0 Å². The Bertz CT molecular complexity index is 982. The summed E-state index contributed by atoms with van der Waals surface area (Å²) >= 11 is 4.97. The van der Waals surface area contributed by atoms with Crippen LogP contribution in [0.25, 0.3) is 15.5 Å². The molecule has 0 saturated heterocycles. The molecule has 0 fully saturated rings. The van der Waals surface area contributed by atoms with Gasteiger partial charge in [0.2, 0.25) is 5.91 Å². The predicted octanol–water partition coefficient (Wildman–Crippen LogP) is 3.79. The highest BCUT2D eigenvalue weighted by molar-refractivity contribution is 7.16. The zero-order valence-electron chi connectivity index (χ0n) is 13.6. The number of aryl methyl sites for hydroxylation is 1. The van der Waals surface area contributed by atoms with Crippen LogP contribution in [0.4, 0.5) is 0 Å². The Balaban J connectivity index is 1.28. The van der Waals surface area contributed by atoms with E-state index in [4.69, 9.17) is 0 Å². The van der Waals surface area contributed by atoms with Crippen molar-refractivity contribution in [2.24, 2.45) is 0 Å². The van der Waals surface area contributed by atoms with Gasteiger partial charge in [-0.3, -0.25) is 9.20 Å². The largest absolute Gasteiger partial charge is 0.355 e. The van der Waals surface area contributed by atoms with Gasteiger partial charge in [-0.05, 0) is 25.5 Å². The molecule has 0 aromatic carbocycles. The number of rotatable bonds is 6. The smallest absolute Gasteiger partial charge is 0.226 e. The first-order valence-corrected chi connectivity index (χ1v) is 10.4. The van der Waals surface area contributed by atoms with Crippen LogP contribution in [0, 0.1) is 6.92 Å². The molecule has 4 rings (SSSR count). The molecular weight excluding hydrogens is 372 g/mol. The van der Waals surface area contributed by atoms with Crippen molar-refractivity contribution in [3.63, 3.8) is 0 Å². The van der Waals surface area contributed by atoms with E-state index in [2.05, 4.69) is 32.8 Å². The van der Waals surface area contributed by atoms with Crippen LogP contribution in [-0.4, -0.2) is 26.8 Å². The molecule has 8 heteroatoms. The van der Waals surface area contributed by atoms with Crippen molar-refractivity contribution in [3.05, 3.63) is 50.9 Å². The number of aromatic nitrogens is 3. The second-order valence-electron chi connectivity index (χ2n) is 5.62. The van der Waals surface area contributed by atoms with Gasteiger partial charge in [0.05, 0.1) is 27.7 Å². The standard InChI is InChI=1S/C17H16N4OS3/c1-11-19-14(10-24-11)15-3-2-13(25-15)4-5-18-16(22)8-12-9-21-6-7-23-17(21)20-12/h2-3,6-7,9-10H,4-5,8H2,1H3,(H,18,22). The van der Waals surface area contributed by atoms with Gasteiger partial charge in [0.25, 0.3) is 0 Å². The number of imidazole rings is 1. The number of thiazole rings is 2. The maximum atomic E-state index is 12.1. The lowest BCUT2D eigenvalue weighted by Gasteiger charge is -2.02. The lowest BCUT2D eigenvalue weighted by Crippen LogP contribution is -2.27. The summed E-state index contributed by atoms with van der Waals surface area (Å²) in [5.41, 5.74) is 1.85. The molecule has 1 N–H and O–H groups in total. The summed E-state index contributed by atoms with van der Waals surface area (Å²) in [5, 5.41) is 8.12. The van der Waals surface area contributed by atoms with Crippen LogP contribution in [0.1, 0.15) is 15.6 Å². The Morgan fingerprint density at radius 3 is 3.00 bits per heavy atom. The summed E-state index contributed by atoms with van der Waals surface area (Å²) in [6.45, 7) is 2.65. The van der Waals surface area contributed by atoms with Crippen LogP contribution >= 0.6 is 34.0 Å². The highest BCUT2D eigenvalue weighted by Crippen LogP contribution is 2.29. The van der Waals surface area contributed by atoms with Crippen molar-refractivity contribution in [1.29, 1.82) is 0 Å². The Labute approximate surface area is 157 Å². The fourth-order valence-electron chi connectivity index (χ4n) is 2.54. The van der Waals surface area contributed by atoms with Crippen molar-refractivity contribution in [3.8, 4) is 10.6 Å². The normalized spacial score (nSPS) is 11.2. The maximum absolute atomic E-state index is 12.1. The first-order valence-electron chi connectivity index (χ1n) is 7.86. The predicted molar refractivity (Wildman–Crippen MR) is 104 cm³/mol. The molecule has 128 valence electrons. The molecule has 25 heavy (non-hydrogen) atoms. The van der Waals surface area contributed by atoms with Gasteiger partial charge >= 0.3 is 0 Å². The number of thiophene rings is 1. The molecule has 5 nitrogen and oxygen atoms in total. The number of carbonyl (C=O) groups is 1. The van der Waals surface area contributed by atoms with Gasteiger partial charge in [0, 0.05) is 34.6 Å². The minimum Gasteiger partial charge on any atom is -0.355 e. The first kappa shape index (κ1) is 16.4. The molecule has 1 amide bonds. The topological polar surface area (TPSA) is 59.3 Å². The van der Waals surface area contributed by atoms with E-state index in [1.54, 1.807) is 34.0 Å². The fourth-order valence-corrected chi connectivity index (χ4v) is 4.91. The maximum Gasteiger partial charge on any atom is 0.226 e. The van der Waals surface area contributed by atoms with Gasteiger partial charge in [0.15, 0.2) is 4.96 Å². The van der Waals surface area contributed by atoms with Gasteiger partial charge in [0.1, 0.15) is 0 Å². The number of nitrogens with one attached hydrogen (secondary N) is 1. The highest BCUT2D eigenvalue weighted by atomic mass is 32.1. The Morgan fingerprint density at radius 1 is 1.28 bits per heavy atom. The average molecular weight is 389 g/mol. The summed E-state index contributed by atoms with van der Waals surface area (Å²) in [6.07, 6.45) is 5.01. The zero-order valence-corrected chi connectivity index (χ0v) is 16.0. The second kappa shape index (κ2) is 7.07. The van der Waals surface area contributed by atoms with E-state index in [-0.39, 0.29) is 5.91 Å². The molecule has 4 aromatic rings. The molecule has 0 radical (unpaired) electrons. The lowest BCUT2D eigenvalue weighted by atomic mass is 10.3. The molecule has 0 spiro atoms. The van der Waals surface area contributed by atoms with Crippen molar-refractivity contribution in [1.82, 2.24) is 19.7 Å². The first-order chi connectivity index (χ1) is 12.2. The van der Waals surface area contributed by atoms with Crippen molar-refractivity contribution < 1.29 is 4.79 Å². The van der Waals surface area contributed by atoms with E-state index >= 15 is 0 Å². The molecular formula is C17H16N4OS3. The van der Waals surface area contributed by atoms with E-state index in [1.807, 2.05) is 29.1 Å². The van der Waals surface area contributed by atoms with E-state index in [0.29, 0.717) is 13.0 Å². The Hall–Kier alpha value is -2.03. The van der Waals surface area contributed by atoms with Gasteiger partial charge in [-0.2, -0.15) is 0 Å². The third-order valence-electron chi connectivity index (χ3n) is 3.71. The number of amides is 1. The van der Waals surface area contributed by atoms with Crippen LogP contribution in [0.15, 0.2) is 35.3 Å².